The quantitative estimate of drug-likeness (QED) is 0.933. The van der Waals surface area contributed by atoms with E-state index < -0.39 is 0 Å². The Bertz CT molecular complexity index is 555. The SMILES string of the molecule is Cc1cc(Oc2cc([C@H](C)N)ccn2)ccc1Br. The van der Waals surface area contributed by atoms with Gasteiger partial charge >= 0.3 is 0 Å². The van der Waals surface area contributed by atoms with Gasteiger partial charge in [0.2, 0.25) is 5.88 Å². The molecule has 18 heavy (non-hydrogen) atoms. The first-order chi connectivity index (χ1) is 8.56. The number of pyridine rings is 1. The van der Waals surface area contributed by atoms with Crippen molar-refractivity contribution >= 4 is 15.9 Å². The fourth-order valence-corrected chi connectivity index (χ4v) is 1.81. The van der Waals surface area contributed by atoms with Gasteiger partial charge in [-0.1, -0.05) is 15.9 Å². The van der Waals surface area contributed by atoms with Crippen LogP contribution in [0, 0.1) is 6.92 Å². The molecule has 0 spiro atoms. The molecule has 0 aliphatic carbocycles. The zero-order chi connectivity index (χ0) is 13.1. The maximum absolute atomic E-state index is 5.83. The number of hydrogen-bond acceptors (Lipinski definition) is 3. The largest absolute Gasteiger partial charge is 0.439 e. The lowest BCUT2D eigenvalue weighted by molar-refractivity contribution is 0.461. The molecule has 1 aromatic heterocycles. The zero-order valence-electron chi connectivity index (χ0n) is 10.4. The van der Waals surface area contributed by atoms with E-state index in [0.717, 1.165) is 21.3 Å². The molecular formula is C14H15BrN2O. The third-order valence-corrected chi connectivity index (χ3v) is 3.53. The monoisotopic (exact) mass is 306 g/mol. The Morgan fingerprint density at radius 2 is 2.06 bits per heavy atom. The highest BCUT2D eigenvalue weighted by atomic mass is 79.9. The Balaban J connectivity index is 2.23. The number of nitrogens with two attached hydrogens (primary N) is 1. The molecule has 0 aliphatic rings. The van der Waals surface area contributed by atoms with Crippen LogP contribution < -0.4 is 10.5 Å². The van der Waals surface area contributed by atoms with Crippen molar-refractivity contribution in [2.24, 2.45) is 5.73 Å². The summed E-state index contributed by atoms with van der Waals surface area (Å²) >= 11 is 3.46. The smallest absolute Gasteiger partial charge is 0.219 e. The van der Waals surface area contributed by atoms with Gasteiger partial charge in [0, 0.05) is 22.8 Å². The Labute approximate surface area is 115 Å². The molecule has 0 fully saturated rings. The molecule has 1 atom stereocenters. The maximum Gasteiger partial charge on any atom is 0.219 e. The molecule has 0 saturated carbocycles. The molecular weight excluding hydrogens is 292 g/mol. The Kier molecular flexibility index (Phi) is 3.99. The summed E-state index contributed by atoms with van der Waals surface area (Å²) in [6.07, 6.45) is 1.71. The van der Waals surface area contributed by atoms with E-state index in [1.165, 1.54) is 0 Å². The van der Waals surface area contributed by atoms with Gasteiger partial charge in [0.25, 0.3) is 0 Å². The number of aryl methyl sites for hydroxylation is 1. The number of ether oxygens (including phenoxy) is 1. The molecule has 0 amide bonds. The summed E-state index contributed by atoms with van der Waals surface area (Å²) in [5.41, 5.74) is 7.96. The van der Waals surface area contributed by atoms with Crippen LogP contribution in [0.1, 0.15) is 24.1 Å². The molecule has 0 unspecified atom stereocenters. The molecule has 1 heterocycles. The molecule has 2 rings (SSSR count). The highest BCUT2D eigenvalue weighted by molar-refractivity contribution is 9.10. The summed E-state index contributed by atoms with van der Waals surface area (Å²) in [5, 5.41) is 0. The van der Waals surface area contributed by atoms with Crippen LogP contribution >= 0.6 is 15.9 Å². The van der Waals surface area contributed by atoms with Gasteiger partial charge in [0.1, 0.15) is 5.75 Å². The first-order valence-corrected chi connectivity index (χ1v) is 6.51. The van der Waals surface area contributed by atoms with E-state index in [2.05, 4.69) is 20.9 Å². The lowest BCUT2D eigenvalue weighted by atomic mass is 10.1. The van der Waals surface area contributed by atoms with Crippen LogP contribution in [-0.2, 0) is 0 Å². The predicted octanol–water partition coefficient (Wildman–Crippen LogP) is 3.96. The first kappa shape index (κ1) is 13.1. The van der Waals surface area contributed by atoms with Crippen LogP contribution in [0.5, 0.6) is 11.6 Å². The molecule has 3 nitrogen and oxygen atoms in total. The van der Waals surface area contributed by atoms with Crippen molar-refractivity contribution in [1.82, 2.24) is 4.98 Å². The lowest BCUT2D eigenvalue weighted by Gasteiger charge is -2.09. The van der Waals surface area contributed by atoms with E-state index in [9.17, 15) is 0 Å². The summed E-state index contributed by atoms with van der Waals surface area (Å²) in [6.45, 7) is 3.95. The van der Waals surface area contributed by atoms with Crippen LogP contribution in [-0.4, -0.2) is 4.98 Å². The Morgan fingerprint density at radius 1 is 1.28 bits per heavy atom. The number of aromatic nitrogens is 1. The summed E-state index contributed by atoms with van der Waals surface area (Å²) in [7, 11) is 0. The minimum absolute atomic E-state index is 0.0259. The minimum Gasteiger partial charge on any atom is -0.439 e. The third-order valence-electron chi connectivity index (χ3n) is 2.64. The highest BCUT2D eigenvalue weighted by Gasteiger charge is 2.04. The molecule has 94 valence electrons. The molecule has 2 N–H and O–H groups in total. The van der Waals surface area contributed by atoms with Gasteiger partial charge in [-0.2, -0.15) is 0 Å². The number of benzene rings is 1. The van der Waals surface area contributed by atoms with Crippen LogP contribution in [0.15, 0.2) is 41.0 Å². The number of rotatable bonds is 3. The van der Waals surface area contributed by atoms with Crippen molar-refractivity contribution in [1.29, 1.82) is 0 Å². The first-order valence-electron chi connectivity index (χ1n) is 5.72. The molecule has 4 heteroatoms. The van der Waals surface area contributed by atoms with Crippen molar-refractivity contribution in [2.45, 2.75) is 19.9 Å². The van der Waals surface area contributed by atoms with Crippen molar-refractivity contribution in [2.75, 3.05) is 0 Å². The van der Waals surface area contributed by atoms with E-state index >= 15 is 0 Å². The van der Waals surface area contributed by atoms with E-state index in [0.29, 0.717) is 5.88 Å². The average molecular weight is 307 g/mol. The van der Waals surface area contributed by atoms with Gasteiger partial charge in [-0.3, -0.25) is 0 Å². The summed E-state index contributed by atoms with van der Waals surface area (Å²) in [5.74, 6) is 1.33. The van der Waals surface area contributed by atoms with Crippen LogP contribution in [0.25, 0.3) is 0 Å². The molecule has 1 aromatic carbocycles. The second kappa shape index (κ2) is 5.50. The number of nitrogens with zero attached hydrogens (tertiary/aromatic N) is 1. The third kappa shape index (κ3) is 3.09. The van der Waals surface area contributed by atoms with Crippen LogP contribution in [0.4, 0.5) is 0 Å². The highest BCUT2D eigenvalue weighted by Crippen LogP contribution is 2.26. The summed E-state index contributed by atoms with van der Waals surface area (Å²) in [6, 6.07) is 9.55. The average Bonchev–Trinajstić information content (AvgIpc) is 2.34. The van der Waals surface area contributed by atoms with Crippen LogP contribution in [0.2, 0.25) is 0 Å². The zero-order valence-corrected chi connectivity index (χ0v) is 11.9. The molecule has 0 aliphatic heterocycles. The van der Waals surface area contributed by atoms with Crippen molar-refractivity contribution in [3.63, 3.8) is 0 Å². The normalized spacial score (nSPS) is 12.2. The van der Waals surface area contributed by atoms with Gasteiger partial charge in [0.05, 0.1) is 0 Å². The van der Waals surface area contributed by atoms with Crippen molar-refractivity contribution < 1.29 is 4.74 Å². The number of halogens is 1. The van der Waals surface area contributed by atoms with Crippen molar-refractivity contribution in [3.05, 3.63) is 52.1 Å². The molecule has 0 saturated heterocycles. The molecule has 2 aromatic rings. The van der Waals surface area contributed by atoms with Gasteiger partial charge in [0.15, 0.2) is 0 Å². The van der Waals surface area contributed by atoms with Gasteiger partial charge in [-0.25, -0.2) is 4.98 Å². The standard InChI is InChI=1S/C14H15BrN2O/c1-9-7-12(3-4-13(9)15)18-14-8-11(10(2)16)5-6-17-14/h3-8,10H,16H2,1-2H3/t10-/m0/s1. The minimum atomic E-state index is -0.0259. The van der Waals surface area contributed by atoms with E-state index in [-0.39, 0.29) is 6.04 Å². The summed E-state index contributed by atoms with van der Waals surface area (Å²) < 4.78 is 6.78. The fourth-order valence-electron chi connectivity index (χ4n) is 1.57. The van der Waals surface area contributed by atoms with Gasteiger partial charge < -0.3 is 10.5 Å². The second-order valence-corrected chi connectivity index (χ2v) is 5.08. The summed E-state index contributed by atoms with van der Waals surface area (Å²) in [4.78, 5) is 4.18. The Morgan fingerprint density at radius 3 is 2.72 bits per heavy atom. The van der Waals surface area contributed by atoms with E-state index in [4.69, 9.17) is 10.5 Å². The second-order valence-electron chi connectivity index (χ2n) is 4.23. The lowest BCUT2D eigenvalue weighted by Crippen LogP contribution is -2.05. The van der Waals surface area contributed by atoms with Crippen molar-refractivity contribution in [3.8, 4) is 11.6 Å². The number of hydrogen-bond donors (Lipinski definition) is 1. The van der Waals surface area contributed by atoms with Gasteiger partial charge in [-0.05, 0) is 49.2 Å². The molecule has 0 radical (unpaired) electrons. The van der Waals surface area contributed by atoms with Crippen LogP contribution in [0.3, 0.4) is 0 Å². The van der Waals surface area contributed by atoms with E-state index in [1.807, 2.05) is 44.2 Å². The molecule has 0 bridgehead atoms. The topological polar surface area (TPSA) is 48.1 Å². The van der Waals surface area contributed by atoms with Gasteiger partial charge in [-0.15, -0.1) is 0 Å². The Hall–Kier alpha value is -1.39. The maximum atomic E-state index is 5.83. The van der Waals surface area contributed by atoms with E-state index in [1.54, 1.807) is 6.20 Å². The fraction of sp³-hybridized carbons (Fsp3) is 0.214. The predicted molar refractivity (Wildman–Crippen MR) is 75.8 cm³/mol.